The highest BCUT2D eigenvalue weighted by molar-refractivity contribution is 14.0. The molecule has 0 atom stereocenters. The molecule has 0 saturated carbocycles. The Balaban J connectivity index is 0.00000289. The molecule has 18 heavy (non-hydrogen) atoms. The fraction of sp³-hybridized carbons (Fsp3) is 0.769. The maximum atomic E-state index is 5.21. The van der Waals surface area contributed by atoms with Crippen LogP contribution in [0.5, 0.6) is 0 Å². The Hall–Kier alpha value is -0.480. The topological polar surface area (TPSA) is 39.7 Å². The normalized spacial score (nSPS) is 17.7. The summed E-state index contributed by atoms with van der Waals surface area (Å²) in [6.45, 7) is 6.33. The van der Waals surface area contributed by atoms with Crippen molar-refractivity contribution in [3.8, 4) is 12.3 Å². The van der Waals surface area contributed by atoms with Crippen LogP contribution in [-0.2, 0) is 0 Å². The third kappa shape index (κ3) is 6.45. The van der Waals surface area contributed by atoms with E-state index in [4.69, 9.17) is 6.42 Å². The van der Waals surface area contributed by atoms with Gasteiger partial charge in [0, 0.05) is 26.2 Å². The van der Waals surface area contributed by atoms with Gasteiger partial charge in [0.05, 0.1) is 6.54 Å². The van der Waals surface area contributed by atoms with Crippen LogP contribution in [-0.4, -0.2) is 50.1 Å². The van der Waals surface area contributed by atoms with Crippen molar-refractivity contribution in [2.45, 2.75) is 32.2 Å². The number of rotatable bonds is 4. The molecular formula is C13H25IN4. The van der Waals surface area contributed by atoms with Crippen LogP contribution in [0.25, 0.3) is 0 Å². The van der Waals surface area contributed by atoms with Crippen molar-refractivity contribution in [3.05, 3.63) is 0 Å². The summed E-state index contributed by atoms with van der Waals surface area (Å²) in [6.07, 6.45) is 8.81. The van der Waals surface area contributed by atoms with Crippen LogP contribution in [0.1, 0.15) is 26.2 Å². The first kappa shape index (κ1) is 17.5. The minimum absolute atomic E-state index is 0. The Morgan fingerprint density at radius 3 is 2.61 bits per heavy atom. The van der Waals surface area contributed by atoms with Crippen molar-refractivity contribution >= 4 is 29.9 Å². The number of terminal acetylenes is 1. The van der Waals surface area contributed by atoms with E-state index < -0.39 is 0 Å². The van der Waals surface area contributed by atoms with Gasteiger partial charge in [-0.1, -0.05) is 12.8 Å². The summed E-state index contributed by atoms with van der Waals surface area (Å²) in [4.78, 5) is 6.68. The fourth-order valence-corrected chi connectivity index (χ4v) is 2.14. The molecule has 0 aromatic heterocycles. The Kier molecular flexibility index (Phi) is 10.2. The fourth-order valence-electron chi connectivity index (χ4n) is 2.14. The molecule has 0 aromatic rings. The molecular weight excluding hydrogens is 339 g/mol. The number of aliphatic imine (C=N–C) groups is 1. The number of hydrogen-bond donors (Lipinski definition) is 2. The second-order valence-electron chi connectivity index (χ2n) is 4.39. The Morgan fingerprint density at radius 2 is 2.11 bits per heavy atom. The zero-order valence-corrected chi connectivity index (χ0v) is 13.7. The van der Waals surface area contributed by atoms with Crippen molar-refractivity contribution < 1.29 is 0 Å². The molecule has 0 aromatic carbocycles. The van der Waals surface area contributed by atoms with Crippen molar-refractivity contribution in [2.75, 3.05) is 33.2 Å². The smallest absolute Gasteiger partial charge is 0.191 e. The SMILES string of the molecule is C#CCNC(=NC)NC1CCN(CCC)CC1.I. The molecule has 1 saturated heterocycles. The van der Waals surface area contributed by atoms with E-state index in [1.807, 2.05) is 0 Å². The summed E-state index contributed by atoms with van der Waals surface area (Å²) in [5, 5.41) is 6.51. The minimum Gasteiger partial charge on any atom is -0.354 e. The quantitative estimate of drug-likeness (QED) is 0.342. The lowest BCUT2D eigenvalue weighted by Crippen LogP contribution is -2.48. The van der Waals surface area contributed by atoms with Crippen LogP contribution in [0, 0.1) is 12.3 Å². The Labute approximate surface area is 128 Å². The first-order valence-corrected chi connectivity index (χ1v) is 6.43. The van der Waals surface area contributed by atoms with Gasteiger partial charge in [0.25, 0.3) is 0 Å². The largest absolute Gasteiger partial charge is 0.354 e. The number of nitrogens with one attached hydrogen (secondary N) is 2. The minimum atomic E-state index is 0. The van der Waals surface area contributed by atoms with Gasteiger partial charge < -0.3 is 15.5 Å². The zero-order valence-electron chi connectivity index (χ0n) is 11.4. The maximum absolute atomic E-state index is 5.21. The summed E-state index contributed by atoms with van der Waals surface area (Å²) in [6, 6.07) is 0.520. The van der Waals surface area contributed by atoms with Crippen LogP contribution in [0.2, 0.25) is 0 Å². The van der Waals surface area contributed by atoms with Crippen molar-refractivity contribution in [1.82, 2.24) is 15.5 Å². The second kappa shape index (κ2) is 10.4. The van der Waals surface area contributed by atoms with Gasteiger partial charge >= 0.3 is 0 Å². The van der Waals surface area contributed by atoms with E-state index in [9.17, 15) is 0 Å². The van der Waals surface area contributed by atoms with Gasteiger partial charge in [0.2, 0.25) is 0 Å². The van der Waals surface area contributed by atoms with Crippen LogP contribution in [0.4, 0.5) is 0 Å². The molecule has 0 radical (unpaired) electrons. The molecule has 0 aliphatic carbocycles. The third-order valence-electron chi connectivity index (χ3n) is 3.05. The van der Waals surface area contributed by atoms with Gasteiger partial charge in [-0.15, -0.1) is 30.4 Å². The molecule has 5 heteroatoms. The molecule has 4 nitrogen and oxygen atoms in total. The summed E-state index contributed by atoms with van der Waals surface area (Å²) in [7, 11) is 1.78. The van der Waals surface area contributed by atoms with Crippen LogP contribution in [0.15, 0.2) is 4.99 Å². The van der Waals surface area contributed by atoms with Crippen LogP contribution in [0.3, 0.4) is 0 Å². The highest BCUT2D eigenvalue weighted by Gasteiger charge is 2.18. The van der Waals surface area contributed by atoms with Gasteiger partial charge in [-0.25, -0.2) is 0 Å². The summed E-state index contributed by atoms with van der Waals surface area (Å²) in [5.74, 6) is 3.37. The highest BCUT2D eigenvalue weighted by atomic mass is 127. The Bertz CT molecular complexity index is 277. The predicted molar refractivity (Wildman–Crippen MR) is 88.5 cm³/mol. The monoisotopic (exact) mass is 364 g/mol. The summed E-state index contributed by atoms with van der Waals surface area (Å²) >= 11 is 0. The number of hydrogen-bond acceptors (Lipinski definition) is 2. The average Bonchev–Trinajstić information content (AvgIpc) is 2.37. The van der Waals surface area contributed by atoms with E-state index >= 15 is 0 Å². The van der Waals surface area contributed by atoms with Crippen molar-refractivity contribution in [1.29, 1.82) is 0 Å². The number of likely N-dealkylation sites (tertiary alicyclic amines) is 1. The predicted octanol–water partition coefficient (Wildman–Crippen LogP) is 1.28. The lowest BCUT2D eigenvalue weighted by atomic mass is 10.1. The molecule has 1 heterocycles. The van der Waals surface area contributed by atoms with Gasteiger partial charge in [-0.3, -0.25) is 4.99 Å². The molecule has 1 aliphatic rings. The van der Waals surface area contributed by atoms with E-state index in [1.165, 1.54) is 38.9 Å². The highest BCUT2D eigenvalue weighted by Crippen LogP contribution is 2.10. The van der Waals surface area contributed by atoms with Crippen LogP contribution >= 0.6 is 24.0 Å². The standard InChI is InChI=1S/C13H24N4.HI/c1-4-8-15-13(14-3)16-12-6-10-17(9-5-2)11-7-12;/h1,12H,5-11H2,2-3H3,(H2,14,15,16);1H. The molecule has 0 spiro atoms. The van der Waals surface area contributed by atoms with E-state index in [2.05, 4.69) is 33.4 Å². The Morgan fingerprint density at radius 1 is 1.44 bits per heavy atom. The third-order valence-corrected chi connectivity index (χ3v) is 3.05. The van der Waals surface area contributed by atoms with Crippen LogP contribution < -0.4 is 10.6 Å². The van der Waals surface area contributed by atoms with Crippen molar-refractivity contribution in [2.24, 2.45) is 4.99 Å². The molecule has 0 bridgehead atoms. The summed E-state index contributed by atoms with van der Waals surface area (Å²) in [5.41, 5.74) is 0. The van der Waals surface area contributed by atoms with E-state index in [-0.39, 0.29) is 24.0 Å². The molecule has 0 amide bonds. The summed E-state index contributed by atoms with van der Waals surface area (Å²) < 4.78 is 0. The lowest BCUT2D eigenvalue weighted by Gasteiger charge is -2.32. The first-order chi connectivity index (χ1) is 8.30. The molecule has 2 N–H and O–H groups in total. The molecule has 104 valence electrons. The van der Waals surface area contributed by atoms with E-state index in [1.54, 1.807) is 7.05 Å². The number of piperidine rings is 1. The average molecular weight is 364 g/mol. The maximum Gasteiger partial charge on any atom is 0.191 e. The second-order valence-corrected chi connectivity index (χ2v) is 4.39. The molecule has 1 rings (SSSR count). The van der Waals surface area contributed by atoms with E-state index in [0.717, 1.165) is 5.96 Å². The molecule has 0 unspecified atom stereocenters. The van der Waals surface area contributed by atoms with Gasteiger partial charge in [-0.05, 0) is 25.8 Å². The number of guanidine groups is 1. The van der Waals surface area contributed by atoms with Gasteiger partial charge in [0.15, 0.2) is 5.96 Å². The number of nitrogens with zero attached hydrogens (tertiary/aromatic N) is 2. The van der Waals surface area contributed by atoms with Gasteiger partial charge in [-0.2, -0.15) is 0 Å². The van der Waals surface area contributed by atoms with E-state index in [0.29, 0.717) is 12.6 Å². The van der Waals surface area contributed by atoms with Gasteiger partial charge in [0.1, 0.15) is 0 Å². The number of halogens is 1. The molecule has 1 aliphatic heterocycles. The lowest BCUT2D eigenvalue weighted by molar-refractivity contribution is 0.206. The molecule has 1 fully saturated rings. The zero-order chi connectivity index (χ0) is 12.5. The van der Waals surface area contributed by atoms with Crippen molar-refractivity contribution in [3.63, 3.8) is 0 Å². The first-order valence-electron chi connectivity index (χ1n) is 6.43.